The molecule has 0 unspecified atom stereocenters. The fourth-order valence-electron chi connectivity index (χ4n) is 1.51. The topological polar surface area (TPSA) is 33.3 Å². The number of hydrogen-bond acceptors (Lipinski definition) is 3. The molecule has 0 atom stereocenters. The fraction of sp³-hybridized carbons (Fsp3) is 0.571. The normalized spacial score (nSPS) is 10.4. The van der Waals surface area contributed by atoms with Crippen LogP contribution in [0.2, 0.25) is 0 Å². The summed E-state index contributed by atoms with van der Waals surface area (Å²) in [6.45, 7) is 7.17. The summed E-state index contributed by atoms with van der Waals surface area (Å²) in [6, 6.07) is 9.96. The summed E-state index contributed by atoms with van der Waals surface area (Å²) in [6.07, 6.45) is 2.24. The highest BCUT2D eigenvalue weighted by Gasteiger charge is 1.92. The maximum atomic E-state index is 5.60. The van der Waals surface area contributed by atoms with Crippen LogP contribution in [0.3, 0.4) is 0 Å². The first-order valence-corrected chi connectivity index (χ1v) is 6.52. The van der Waals surface area contributed by atoms with Gasteiger partial charge in [-0.3, -0.25) is 0 Å². The van der Waals surface area contributed by atoms with Gasteiger partial charge in [-0.2, -0.15) is 0 Å². The lowest BCUT2D eigenvalue weighted by Gasteiger charge is -2.07. The van der Waals surface area contributed by atoms with Gasteiger partial charge in [0.15, 0.2) is 0 Å². The summed E-state index contributed by atoms with van der Waals surface area (Å²) in [4.78, 5) is 0. The minimum atomic E-state index is 0.777. The second kappa shape index (κ2) is 10.1. The second-order valence-electron chi connectivity index (χ2n) is 4.02. The summed E-state index contributed by atoms with van der Waals surface area (Å²) < 4.78 is 5.60. The molecule has 0 fully saturated rings. The van der Waals surface area contributed by atoms with Crippen molar-refractivity contribution in [1.29, 1.82) is 0 Å². The number of ether oxygens (including phenoxy) is 1. The predicted octanol–water partition coefficient (Wildman–Crippen LogP) is 2.04. The third-order valence-electron chi connectivity index (χ3n) is 2.42. The molecule has 0 amide bonds. The first-order valence-electron chi connectivity index (χ1n) is 6.52. The standard InChI is InChI=1S/C14H24N2O/c1-2-9-15-11-12-16-10-6-13-17-14-7-4-3-5-8-14/h3-5,7-8,15-16H,2,6,9-13H2,1H3. The van der Waals surface area contributed by atoms with Gasteiger partial charge < -0.3 is 15.4 Å². The molecule has 1 aromatic carbocycles. The number of hydrogen-bond donors (Lipinski definition) is 2. The summed E-state index contributed by atoms with van der Waals surface area (Å²) in [5.41, 5.74) is 0. The van der Waals surface area contributed by atoms with Gasteiger partial charge in [0.2, 0.25) is 0 Å². The first kappa shape index (κ1) is 14.0. The van der Waals surface area contributed by atoms with Crippen molar-refractivity contribution in [2.24, 2.45) is 0 Å². The highest BCUT2D eigenvalue weighted by atomic mass is 16.5. The van der Waals surface area contributed by atoms with Crippen molar-refractivity contribution in [2.75, 3.05) is 32.8 Å². The zero-order chi connectivity index (χ0) is 12.2. The Kier molecular flexibility index (Phi) is 8.33. The molecule has 17 heavy (non-hydrogen) atoms. The predicted molar refractivity (Wildman–Crippen MR) is 72.6 cm³/mol. The number of nitrogens with one attached hydrogen (secondary N) is 2. The molecule has 2 N–H and O–H groups in total. The molecule has 3 heteroatoms. The van der Waals surface area contributed by atoms with Crippen LogP contribution in [0.15, 0.2) is 30.3 Å². The van der Waals surface area contributed by atoms with E-state index in [0.29, 0.717) is 0 Å². The van der Waals surface area contributed by atoms with Crippen LogP contribution in [-0.4, -0.2) is 32.8 Å². The Labute approximate surface area is 105 Å². The van der Waals surface area contributed by atoms with Crippen molar-refractivity contribution in [3.63, 3.8) is 0 Å². The van der Waals surface area contributed by atoms with Crippen molar-refractivity contribution in [1.82, 2.24) is 10.6 Å². The molecular formula is C14H24N2O. The van der Waals surface area contributed by atoms with Crippen molar-refractivity contribution in [3.05, 3.63) is 30.3 Å². The van der Waals surface area contributed by atoms with E-state index in [0.717, 1.165) is 45.0 Å². The van der Waals surface area contributed by atoms with Crippen molar-refractivity contribution >= 4 is 0 Å². The molecule has 0 radical (unpaired) electrons. The van der Waals surface area contributed by atoms with Crippen LogP contribution in [0.5, 0.6) is 5.75 Å². The molecule has 0 aliphatic heterocycles. The molecule has 1 rings (SSSR count). The lowest BCUT2D eigenvalue weighted by molar-refractivity contribution is 0.308. The van der Waals surface area contributed by atoms with Gasteiger partial charge >= 0.3 is 0 Å². The number of rotatable bonds is 10. The molecular weight excluding hydrogens is 212 g/mol. The molecule has 0 saturated carbocycles. The maximum absolute atomic E-state index is 5.60. The van der Waals surface area contributed by atoms with Gasteiger partial charge in [0.1, 0.15) is 5.75 Å². The average Bonchev–Trinajstić information content (AvgIpc) is 2.38. The summed E-state index contributed by atoms with van der Waals surface area (Å²) in [5.74, 6) is 0.956. The molecule has 0 bridgehead atoms. The molecule has 0 aliphatic rings. The Balaban J connectivity index is 1.85. The van der Waals surface area contributed by atoms with Crippen LogP contribution < -0.4 is 15.4 Å². The molecule has 96 valence electrons. The third-order valence-corrected chi connectivity index (χ3v) is 2.42. The molecule has 0 saturated heterocycles. The van der Waals surface area contributed by atoms with Gasteiger partial charge in [0.05, 0.1) is 6.61 Å². The van der Waals surface area contributed by atoms with Crippen molar-refractivity contribution in [3.8, 4) is 5.75 Å². The molecule has 0 aliphatic carbocycles. The first-order chi connectivity index (χ1) is 8.43. The van der Waals surface area contributed by atoms with E-state index in [9.17, 15) is 0 Å². The van der Waals surface area contributed by atoms with Crippen LogP contribution in [0, 0.1) is 0 Å². The number of benzene rings is 1. The van der Waals surface area contributed by atoms with E-state index in [4.69, 9.17) is 4.74 Å². The molecule has 0 heterocycles. The van der Waals surface area contributed by atoms with Crippen LogP contribution in [0.1, 0.15) is 19.8 Å². The van der Waals surface area contributed by atoms with Gasteiger partial charge in [0, 0.05) is 13.1 Å². The average molecular weight is 236 g/mol. The van der Waals surface area contributed by atoms with Crippen LogP contribution in [0.4, 0.5) is 0 Å². The van der Waals surface area contributed by atoms with Gasteiger partial charge in [-0.15, -0.1) is 0 Å². The van der Waals surface area contributed by atoms with E-state index in [1.165, 1.54) is 6.42 Å². The zero-order valence-corrected chi connectivity index (χ0v) is 10.7. The summed E-state index contributed by atoms with van der Waals surface area (Å²) >= 11 is 0. The molecule has 0 spiro atoms. The fourth-order valence-corrected chi connectivity index (χ4v) is 1.51. The summed E-state index contributed by atoms with van der Waals surface area (Å²) in [7, 11) is 0. The van der Waals surface area contributed by atoms with Gasteiger partial charge in [-0.05, 0) is 38.1 Å². The molecule has 3 nitrogen and oxygen atoms in total. The highest BCUT2D eigenvalue weighted by molar-refractivity contribution is 5.20. The van der Waals surface area contributed by atoms with E-state index in [1.54, 1.807) is 0 Å². The lowest BCUT2D eigenvalue weighted by atomic mass is 10.3. The minimum absolute atomic E-state index is 0.777. The second-order valence-corrected chi connectivity index (χ2v) is 4.02. The van der Waals surface area contributed by atoms with Crippen LogP contribution in [-0.2, 0) is 0 Å². The number of para-hydroxylation sites is 1. The third kappa shape index (κ3) is 7.77. The highest BCUT2D eigenvalue weighted by Crippen LogP contribution is 2.07. The lowest BCUT2D eigenvalue weighted by Crippen LogP contribution is -2.28. The monoisotopic (exact) mass is 236 g/mol. The largest absolute Gasteiger partial charge is 0.494 e. The Morgan fingerprint density at radius 1 is 0.941 bits per heavy atom. The van der Waals surface area contributed by atoms with Crippen molar-refractivity contribution < 1.29 is 4.74 Å². The van der Waals surface area contributed by atoms with Crippen LogP contribution >= 0.6 is 0 Å². The summed E-state index contributed by atoms with van der Waals surface area (Å²) in [5, 5.41) is 6.75. The molecule has 0 aromatic heterocycles. The Morgan fingerprint density at radius 2 is 1.65 bits per heavy atom. The SMILES string of the molecule is CCCNCCNCCCOc1ccccc1. The Hall–Kier alpha value is -1.06. The van der Waals surface area contributed by atoms with E-state index in [-0.39, 0.29) is 0 Å². The van der Waals surface area contributed by atoms with Gasteiger partial charge in [0.25, 0.3) is 0 Å². The van der Waals surface area contributed by atoms with Gasteiger partial charge in [-0.25, -0.2) is 0 Å². The quantitative estimate of drug-likeness (QED) is 0.610. The molecule has 1 aromatic rings. The zero-order valence-electron chi connectivity index (χ0n) is 10.7. The minimum Gasteiger partial charge on any atom is -0.494 e. The van der Waals surface area contributed by atoms with E-state index >= 15 is 0 Å². The van der Waals surface area contributed by atoms with Gasteiger partial charge in [-0.1, -0.05) is 25.1 Å². The van der Waals surface area contributed by atoms with E-state index < -0.39 is 0 Å². The van der Waals surface area contributed by atoms with Crippen LogP contribution in [0.25, 0.3) is 0 Å². The maximum Gasteiger partial charge on any atom is 0.119 e. The Morgan fingerprint density at radius 3 is 2.35 bits per heavy atom. The Bertz CT molecular complexity index is 264. The van der Waals surface area contributed by atoms with Crippen molar-refractivity contribution in [2.45, 2.75) is 19.8 Å². The van der Waals surface area contributed by atoms with E-state index in [2.05, 4.69) is 17.6 Å². The smallest absolute Gasteiger partial charge is 0.119 e. The van der Waals surface area contributed by atoms with E-state index in [1.807, 2.05) is 30.3 Å².